The standard InChI is InChI=1S/C17H25N3O4/c1-17(2,3)24-16(23)19-10-13(21)9-18-12-5-6-14-11(7-12)8-15(22)20(14)4/h5-7,13,18,21H,8-10H2,1-4H3,(H,19,23). The molecule has 1 unspecified atom stereocenters. The molecule has 2 rings (SSSR count). The summed E-state index contributed by atoms with van der Waals surface area (Å²) < 4.78 is 5.10. The molecule has 0 radical (unpaired) electrons. The molecule has 0 spiro atoms. The van der Waals surface area contributed by atoms with Crippen molar-refractivity contribution in [3.05, 3.63) is 23.8 Å². The molecule has 24 heavy (non-hydrogen) atoms. The van der Waals surface area contributed by atoms with Crippen LogP contribution in [0.3, 0.4) is 0 Å². The van der Waals surface area contributed by atoms with E-state index in [0.717, 1.165) is 16.9 Å². The summed E-state index contributed by atoms with van der Waals surface area (Å²) in [7, 11) is 1.76. The molecule has 0 aromatic heterocycles. The maximum Gasteiger partial charge on any atom is 0.407 e. The average Bonchev–Trinajstić information content (AvgIpc) is 2.76. The molecule has 0 saturated heterocycles. The third kappa shape index (κ3) is 4.86. The fourth-order valence-corrected chi connectivity index (χ4v) is 2.40. The number of anilines is 2. The van der Waals surface area contributed by atoms with Gasteiger partial charge in [-0.3, -0.25) is 4.79 Å². The van der Waals surface area contributed by atoms with Crippen LogP contribution in [0.1, 0.15) is 26.3 Å². The fourth-order valence-electron chi connectivity index (χ4n) is 2.40. The molecule has 7 nitrogen and oxygen atoms in total. The van der Waals surface area contributed by atoms with Gasteiger partial charge in [-0.2, -0.15) is 0 Å². The number of carbonyl (C=O) groups excluding carboxylic acids is 2. The number of aliphatic hydroxyl groups excluding tert-OH is 1. The van der Waals surface area contributed by atoms with Crippen molar-refractivity contribution in [1.29, 1.82) is 0 Å². The molecule has 0 bridgehead atoms. The highest BCUT2D eigenvalue weighted by Gasteiger charge is 2.23. The van der Waals surface area contributed by atoms with Crippen LogP contribution in [0.4, 0.5) is 16.2 Å². The number of ether oxygens (including phenoxy) is 1. The second-order valence-electron chi connectivity index (χ2n) is 6.89. The van der Waals surface area contributed by atoms with Gasteiger partial charge in [0.1, 0.15) is 5.60 Å². The number of rotatable bonds is 5. The topological polar surface area (TPSA) is 90.9 Å². The van der Waals surface area contributed by atoms with E-state index in [1.165, 1.54) is 0 Å². The third-order valence-corrected chi connectivity index (χ3v) is 3.58. The quantitative estimate of drug-likeness (QED) is 0.759. The Bertz CT molecular complexity index is 625. The molecule has 1 aliphatic heterocycles. The largest absolute Gasteiger partial charge is 0.444 e. The lowest BCUT2D eigenvalue weighted by atomic mass is 10.1. The first-order chi connectivity index (χ1) is 11.2. The molecule has 1 aromatic carbocycles. The zero-order valence-electron chi connectivity index (χ0n) is 14.5. The summed E-state index contributed by atoms with van der Waals surface area (Å²) in [6.07, 6.45) is -0.917. The van der Waals surface area contributed by atoms with E-state index < -0.39 is 17.8 Å². The van der Waals surface area contributed by atoms with Crippen molar-refractivity contribution in [2.75, 3.05) is 30.4 Å². The van der Waals surface area contributed by atoms with Gasteiger partial charge in [0, 0.05) is 31.5 Å². The van der Waals surface area contributed by atoms with Crippen LogP contribution in [-0.2, 0) is 16.0 Å². The van der Waals surface area contributed by atoms with Gasteiger partial charge in [0.2, 0.25) is 5.91 Å². The predicted octanol–water partition coefficient (Wildman–Crippen LogP) is 1.50. The number of hydrogen-bond donors (Lipinski definition) is 3. The highest BCUT2D eigenvalue weighted by molar-refractivity contribution is 6.01. The van der Waals surface area contributed by atoms with E-state index in [-0.39, 0.29) is 19.0 Å². The van der Waals surface area contributed by atoms with Crippen LogP contribution in [0, 0.1) is 0 Å². The van der Waals surface area contributed by atoms with Crippen LogP contribution in [0.15, 0.2) is 18.2 Å². The zero-order valence-corrected chi connectivity index (χ0v) is 14.5. The lowest BCUT2D eigenvalue weighted by Crippen LogP contribution is -2.39. The van der Waals surface area contributed by atoms with Gasteiger partial charge in [-0.15, -0.1) is 0 Å². The maximum absolute atomic E-state index is 11.7. The summed E-state index contributed by atoms with van der Waals surface area (Å²) in [4.78, 5) is 24.8. The van der Waals surface area contributed by atoms with Gasteiger partial charge in [0.25, 0.3) is 0 Å². The molecule has 132 valence electrons. The van der Waals surface area contributed by atoms with Crippen molar-refractivity contribution in [2.24, 2.45) is 0 Å². The third-order valence-electron chi connectivity index (χ3n) is 3.58. The minimum Gasteiger partial charge on any atom is -0.444 e. The number of amides is 2. The lowest BCUT2D eigenvalue weighted by molar-refractivity contribution is -0.117. The summed E-state index contributed by atoms with van der Waals surface area (Å²) >= 11 is 0. The highest BCUT2D eigenvalue weighted by Crippen LogP contribution is 2.29. The normalized spacial score (nSPS) is 15.0. The van der Waals surface area contributed by atoms with Crippen molar-refractivity contribution in [1.82, 2.24) is 5.32 Å². The molecule has 7 heteroatoms. The first-order valence-electron chi connectivity index (χ1n) is 7.94. The molecule has 2 amide bonds. The van der Waals surface area contributed by atoms with Crippen LogP contribution < -0.4 is 15.5 Å². The summed E-state index contributed by atoms with van der Waals surface area (Å²) in [6.45, 7) is 5.70. The average molecular weight is 335 g/mol. The van der Waals surface area contributed by atoms with Gasteiger partial charge in [0.05, 0.1) is 12.5 Å². The van der Waals surface area contributed by atoms with Crippen LogP contribution in [0.2, 0.25) is 0 Å². The Balaban J connectivity index is 1.79. The molecule has 0 fully saturated rings. The lowest BCUT2D eigenvalue weighted by Gasteiger charge is -2.20. The summed E-state index contributed by atoms with van der Waals surface area (Å²) in [5, 5.41) is 15.6. The smallest absolute Gasteiger partial charge is 0.407 e. The van der Waals surface area contributed by atoms with E-state index >= 15 is 0 Å². The van der Waals surface area contributed by atoms with E-state index in [1.807, 2.05) is 18.2 Å². The number of aliphatic hydroxyl groups is 1. The molecule has 0 saturated carbocycles. The minimum absolute atomic E-state index is 0.0729. The van der Waals surface area contributed by atoms with Crippen molar-refractivity contribution >= 4 is 23.4 Å². The number of benzene rings is 1. The maximum atomic E-state index is 11.7. The first kappa shape index (κ1) is 18.1. The Kier molecular flexibility index (Phi) is 5.33. The molecule has 1 aliphatic rings. The Labute approximate surface area is 142 Å². The first-order valence-corrected chi connectivity index (χ1v) is 7.94. The van der Waals surface area contributed by atoms with Crippen molar-refractivity contribution in [2.45, 2.75) is 38.9 Å². The Morgan fingerprint density at radius 2 is 2.08 bits per heavy atom. The van der Waals surface area contributed by atoms with Gasteiger partial charge in [-0.05, 0) is 44.5 Å². The van der Waals surface area contributed by atoms with Crippen molar-refractivity contribution in [3.8, 4) is 0 Å². The number of nitrogens with one attached hydrogen (secondary N) is 2. The van der Waals surface area contributed by atoms with Crippen LogP contribution in [0.5, 0.6) is 0 Å². The van der Waals surface area contributed by atoms with E-state index in [2.05, 4.69) is 10.6 Å². The molecule has 1 atom stereocenters. The van der Waals surface area contributed by atoms with Crippen LogP contribution in [-0.4, -0.2) is 48.9 Å². The molecular formula is C17H25N3O4. The Morgan fingerprint density at radius 1 is 1.38 bits per heavy atom. The van der Waals surface area contributed by atoms with Crippen molar-refractivity contribution < 1.29 is 19.4 Å². The van der Waals surface area contributed by atoms with Gasteiger partial charge < -0.3 is 25.4 Å². The van der Waals surface area contributed by atoms with E-state index in [4.69, 9.17) is 4.74 Å². The van der Waals surface area contributed by atoms with Gasteiger partial charge in [0.15, 0.2) is 0 Å². The number of likely N-dealkylation sites (N-methyl/N-ethyl adjacent to an activating group) is 1. The number of fused-ring (bicyclic) bond motifs is 1. The number of carbonyl (C=O) groups is 2. The number of nitrogens with zero attached hydrogens (tertiary/aromatic N) is 1. The SMILES string of the molecule is CN1C(=O)Cc2cc(NCC(O)CNC(=O)OC(C)(C)C)ccc21. The van der Waals surface area contributed by atoms with Gasteiger partial charge in [-0.25, -0.2) is 4.79 Å². The summed E-state index contributed by atoms with van der Waals surface area (Å²) in [6, 6.07) is 5.65. The monoisotopic (exact) mass is 335 g/mol. The second-order valence-corrected chi connectivity index (χ2v) is 6.89. The number of alkyl carbamates (subject to hydrolysis) is 1. The Morgan fingerprint density at radius 3 is 2.75 bits per heavy atom. The van der Waals surface area contributed by atoms with Gasteiger partial charge >= 0.3 is 6.09 Å². The van der Waals surface area contributed by atoms with E-state index in [9.17, 15) is 14.7 Å². The number of hydrogen-bond acceptors (Lipinski definition) is 5. The summed E-state index contributed by atoms with van der Waals surface area (Å²) in [5.74, 6) is 0.0729. The van der Waals surface area contributed by atoms with E-state index in [0.29, 0.717) is 6.42 Å². The molecular weight excluding hydrogens is 310 g/mol. The van der Waals surface area contributed by atoms with E-state index in [1.54, 1.807) is 32.7 Å². The molecule has 0 aliphatic carbocycles. The second kappa shape index (κ2) is 7.09. The van der Waals surface area contributed by atoms with Crippen LogP contribution in [0.25, 0.3) is 0 Å². The fraction of sp³-hybridized carbons (Fsp3) is 0.529. The predicted molar refractivity (Wildman–Crippen MR) is 92.3 cm³/mol. The molecule has 1 heterocycles. The molecule has 1 aromatic rings. The summed E-state index contributed by atoms with van der Waals surface area (Å²) in [5.41, 5.74) is 2.14. The van der Waals surface area contributed by atoms with Crippen molar-refractivity contribution in [3.63, 3.8) is 0 Å². The zero-order chi connectivity index (χ0) is 17.9. The Hall–Kier alpha value is -2.28. The highest BCUT2D eigenvalue weighted by atomic mass is 16.6. The van der Waals surface area contributed by atoms with Gasteiger partial charge in [-0.1, -0.05) is 0 Å². The minimum atomic E-state index is -0.755. The van der Waals surface area contributed by atoms with Crippen LogP contribution >= 0.6 is 0 Å². The molecule has 3 N–H and O–H groups in total.